The van der Waals surface area contributed by atoms with Crippen molar-refractivity contribution in [1.82, 2.24) is 9.97 Å². The Hall–Kier alpha value is -3.25. The van der Waals surface area contributed by atoms with Crippen LogP contribution in [0.25, 0.3) is 21.8 Å². The van der Waals surface area contributed by atoms with E-state index in [1.54, 1.807) is 12.3 Å². The third kappa shape index (κ3) is 3.68. The Morgan fingerprint density at radius 1 is 0.710 bits per heavy atom. The summed E-state index contributed by atoms with van der Waals surface area (Å²) >= 11 is 0. The molecule has 0 amide bonds. The number of nitrogens with one attached hydrogen (secondary N) is 2. The molecule has 0 aliphatic carbocycles. The van der Waals surface area contributed by atoms with Gasteiger partial charge in [-0.05, 0) is 53.1 Å². The minimum absolute atomic E-state index is 0. The zero-order valence-corrected chi connectivity index (χ0v) is 16.8. The van der Waals surface area contributed by atoms with Gasteiger partial charge in [-0.1, -0.05) is 30.3 Å². The van der Waals surface area contributed by atoms with Crippen molar-refractivity contribution >= 4 is 34.2 Å². The second-order valence-electron chi connectivity index (χ2n) is 7.28. The van der Waals surface area contributed by atoms with E-state index in [-0.39, 0.29) is 24.1 Å². The molecule has 5 aromatic rings. The molecule has 0 saturated heterocycles. The first-order valence-electron chi connectivity index (χ1n) is 9.41. The summed E-state index contributed by atoms with van der Waals surface area (Å²) in [5, 5.41) is 1.67. The van der Waals surface area contributed by atoms with E-state index in [2.05, 4.69) is 9.97 Å². The predicted octanol–water partition coefficient (Wildman–Crippen LogP) is 7.41. The topological polar surface area (TPSA) is 31.6 Å². The third-order valence-corrected chi connectivity index (χ3v) is 5.49. The van der Waals surface area contributed by atoms with Gasteiger partial charge in [0.15, 0.2) is 0 Å². The van der Waals surface area contributed by atoms with Crippen LogP contribution >= 0.6 is 12.4 Å². The fraction of sp³-hybridized carbons (Fsp3) is 0.0833. The van der Waals surface area contributed by atoms with Gasteiger partial charge in [0.25, 0.3) is 0 Å². The van der Waals surface area contributed by atoms with E-state index in [9.17, 15) is 17.6 Å². The molecular weight excluding hydrogens is 428 g/mol. The number of H-pyrrole nitrogens is 2. The summed E-state index contributed by atoms with van der Waals surface area (Å²) in [6, 6.07) is 17.4. The Labute approximate surface area is 181 Å². The minimum Gasteiger partial charge on any atom is -0.361 e. The summed E-state index contributed by atoms with van der Waals surface area (Å²) in [5.74, 6) is -0.743. The van der Waals surface area contributed by atoms with Gasteiger partial charge >= 0.3 is 6.18 Å². The van der Waals surface area contributed by atoms with Gasteiger partial charge in [-0.2, -0.15) is 13.2 Å². The van der Waals surface area contributed by atoms with Crippen LogP contribution < -0.4 is 0 Å². The first-order chi connectivity index (χ1) is 14.4. The molecule has 0 radical (unpaired) electrons. The van der Waals surface area contributed by atoms with Crippen LogP contribution in [0.2, 0.25) is 0 Å². The Morgan fingerprint density at radius 2 is 1.32 bits per heavy atom. The lowest BCUT2D eigenvalue weighted by Crippen LogP contribution is -2.07. The quantitative estimate of drug-likeness (QED) is 0.271. The van der Waals surface area contributed by atoms with Crippen LogP contribution in [0.1, 0.15) is 28.2 Å². The molecule has 31 heavy (non-hydrogen) atoms. The molecule has 5 rings (SSSR count). The van der Waals surface area contributed by atoms with Crippen molar-refractivity contribution in [2.75, 3.05) is 0 Å². The minimum atomic E-state index is -4.40. The van der Waals surface area contributed by atoms with E-state index < -0.39 is 11.7 Å². The number of halogens is 5. The van der Waals surface area contributed by atoms with Crippen LogP contribution in [0.4, 0.5) is 17.6 Å². The lowest BCUT2D eigenvalue weighted by molar-refractivity contribution is -0.137. The molecule has 0 bridgehead atoms. The number of hydrogen-bond acceptors (Lipinski definition) is 0. The van der Waals surface area contributed by atoms with Gasteiger partial charge in [0.05, 0.1) is 5.56 Å². The number of fused-ring (bicyclic) bond motifs is 2. The fourth-order valence-corrected chi connectivity index (χ4v) is 4.08. The Bertz CT molecular complexity index is 1350. The molecule has 2 aromatic heterocycles. The summed E-state index contributed by atoms with van der Waals surface area (Å²) < 4.78 is 53.2. The molecule has 158 valence electrons. The summed E-state index contributed by atoms with van der Waals surface area (Å²) in [4.78, 5) is 6.39. The van der Waals surface area contributed by atoms with Crippen LogP contribution in [0, 0.1) is 5.82 Å². The number of aromatic nitrogens is 2. The zero-order valence-electron chi connectivity index (χ0n) is 16.0. The Balaban J connectivity index is 0.00000231. The summed E-state index contributed by atoms with van der Waals surface area (Å²) in [7, 11) is 0. The molecule has 0 aliphatic rings. The van der Waals surface area contributed by atoms with E-state index in [0.29, 0.717) is 10.9 Å². The molecule has 0 saturated carbocycles. The molecule has 1 atom stereocenters. The standard InChI is InChI=1S/C24H16F4N2.ClH/c25-16-9-10-22-18(11-16)20(13-30-22)23(14-5-7-15(8-6-14)24(26,27)28)19-12-29-21-4-2-1-3-17(19)21;/h1-13,23,29-30H;1H. The number of alkyl halides is 3. The maximum Gasteiger partial charge on any atom is 0.416 e. The molecule has 2 nitrogen and oxygen atoms in total. The number of hydrogen-bond donors (Lipinski definition) is 2. The predicted molar refractivity (Wildman–Crippen MR) is 116 cm³/mol. The monoisotopic (exact) mass is 444 g/mol. The van der Waals surface area contributed by atoms with Crippen LogP contribution in [-0.2, 0) is 6.18 Å². The number of para-hydroxylation sites is 1. The highest BCUT2D eigenvalue weighted by Gasteiger charge is 2.31. The highest BCUT2D eigenvalue weighted by atomic mass is 35.5. The molecule has 0 aliphatic heterocycles. The molecule has 2 heterocycles. The van der Waals surface area contributed by atoms with E-state index >= 15 is 0 Å². The first kappa shape index (κ1) is 21.0. The van der Waals surface area contributed by atoms with Crippen molar-refractivity contribution < 1.29 is 17.6 Å². The number of aromatic amines is 2. The van der Waals surface area contributed by atoms with Crippen LogP contribution in [0.5, 0.6) is 0 Å². The lowest BCUT2D eigenvalue weighted by Gasteiger charge is -2.18. The normalized spacial score (nSPS) is 12.8. The van der Waals surface area contributed by atoms with Gasteiger partial charge in [0.1, 0.15) is 5.82 Å². The van der Waals surface area contributed by atoms with Gasteiger partial charge in [-0.3, -0.25) is 0 Å². The fourth-order valence-electron chi connectivity index (χ4n) is 4.08. The zero-order chi connectivity index (χ0) is 20.9. The SMILES string of the molecule is Cl.Fc1ccc2[nH]cc(C(c3ccc(C(F)(F)F)cc3)c3c[nH]c4ccccc34)c2c1. The van der Waals surface area contributed by atoms with E-state index in [1.165, 1.54) is 24.3 Å². The van der Waals surface area contributed by atoms with Gasteiger partial charge < -0.3 is 9.97 Å². The maximum absolute atomic E-state index is 14.0. The van der Waals surface area contributed by atoms with Crippen molar-refractivity contribution in [1.29, 1.82) is 0 Å². The lowest BCUT2D eigenvalue weighted by atomic mass is 9.84. The smallest absolute Gasteiger partial charge is 0.361 e. The van der Waals surface area contributed by atoms with Crippen molar-refractivity contribution in [3.05, 3.63) is 107 Å². The summed E-state index contributed by atoms with van der Waals surface area (Å²) in [5.41, 5.74) is 3.40. The van der Waals surface area contributed by atoms with E-state index in [0.717, 1.165) is 39.7 Å². The van der Waals surface area contributed by atoms with Crippen molar-refractivity contribution in [3.8, 4) is 0 Å². The molecule has 3 aromatic carbocycles. The second kappa shape index (κ2) is 7.78. The second-order valence-corrected chi connectivity index (χ2v) is 7.28. The molecule has 2 N–H and O–H groups in total. The molecule has 7 heteroatoms. The summed E-state index contributed by atoms with van der Waals surface area (Å²) in [6.45, 7) is 0. The van der Waals surface area contributed by atoms with Crippen molar-refractivity contribution in [2.45, 2.75) is 12.1 Å². The highest BCUT2D eigenvalue weighted by Crippen LogP contribution is 2.40. The average molecular weight is 445 g/mol. The molecular formula is C24H17ClF4N2. The molecule has 1 unspecified atom stereocenters. The first-order valence-corrected chi connectivity index (χ1v) is 9.41. The highest BCUT2D eigenvalue weighted by molar-refractivity contribution is 5.89. The van der Waals surface area contributed by atoms with Crippen LogP contribution in [0.15, 0.2) is 79.1 Å². The summed E-state index contributed by atoms with van der Waals surface area (Å²) in [6.07, 6.45) is -0.738. The Kier molecular flexibility index (Phi) is 5.27. The van der Waals surface area contributed by atoms with Crippen molar-refractivity contribution in [2.24, 2.45) is 0 Å². The van der Waals surface area contributed by atoms with E-state index in [1.807, 2.05) is 30.5 Å². The van der Waals surface area contributed by atoms with E-state index in [4.69, 9.17) is 0 Å². The Morgan fingerprint density at radius 3 is 2.00 bits per heavy atom. The molecule has 0 spiro atoms. The molecule has 0 fully saturated rings. The van der Waals surface area contributed by atoms with Crippen LogP contribution in [0.3, 0.4) is 0 Å². The van der Waals surface area contributed by atoms with Gasteiger partial charge in [-0.25, -0.2) is 4.39 Å². The average Bonchev–Trinajstić information content (AvgIpc) is 3.33. The maximum atomic E-state index is 14.0. The largest absolute Gasteiger partial charge is 0.416 e. The van der Waals surface area contributed by atoms with Gasteiger partial charge in [0, 0.05) is 40.1 Å². The van der Waals surface area contributed by atoms with Crippen LogP contribution in [-0.4, -0.2) is 9.97 Å². The number of rotatable bonds is 3. The van der Waals surface area contributed by atoms with Gasteiger partial charge in [0.2, 0.25) is 0 Å². The van der Waals surface area contributed by atoms with Gasteiger partial charge in [-0.15, -0.1) is 12.4 Å². The number of benzene rings is 3. The van der Waals surface area contributed by atoms with Crippen molar-refractivity contribution in [3.63, 3.8) is 0 Å². The third-order valence-electron chi connectivity index (χ3n) is 5.49.